The second kappa shape index (κ2) is 6.72. The van der Waals surface area contributed by atoms with Crippen LogP contribution in [0.15, 0.2) is 18.2 Å². The molecule has 1 aromatic carbocycles. The molecule has 0 aliphatic carbocycles. The van der Waals surface area contributed by atoms with Gasteiger partial charge in [-0.3, -0.25) is 4.79 Å². The fraction of sp³-hybridized carbons (Fsp3) is 0.588. The maximum atomic E-state index is 14.4. The van der Waals surface area contributed by atoms with Crippen molar-refractivity contribution in [3.05, 3.63) is 29.6 Å². The first-order valence-electron chi connectivity index (χ1n) is 8.07. The number of benzene rings is 1. The summed E-state index contributed by atoms with van der Waals surface area (Å²) < 4.78 is 31.3. The van der Waals surface area contributed by atoms with E-state index in [0.717, 1.165) is 6.07 Å². The van der Waals surface area contributed by atoms with Crippen LogP contribution >= 0.6 is 0 Å². The lowest BCUT2D eigenvalue weighted by Crippen LogP contribution is -2.41. The summed E-state index contributed by atoms with van der Waals surface area (Å²) in [7, 11) is -0.793. The molecule has 5 nitrogen and oxygen atoms in total. The molecule has 0 aromatic heterocycles. The van der Waals surface area contributed by atoms with Gasteiger partial charge in [-0.1, -0.05) is 6.07 Å². The molecule has 1 aliphatic rings. The largest absolute Gasteiger partial charge is 0.508 e. The zero-order valence-electron chi connectivity index (χ0n) is 14.8. The predicted octanol–water partition coefficient (Wildman–Crippen LogP) is 3.20. The van der Waals surface area contributed by atoms with E-state index in [1.54, 1.807) is 6.92 Å². The first-order chi connectivity index (χ1) is 11.1. The summed E-state index contributed by atoms with van der Waals surface area (Å²) in [6.45, 7) is 9.52. The van der Waals surface area contributed by atoms with E-state index in [1.165, 1.54) is 12.1 Å². The molecule has 1 unspecified atom stereocenters. The molecule has 1 heterocycles. The Hall–Kier alpha value is -1.60. The second-order valence-corrected chi connectivity index (χ2v) is 6.95. The summed E-state index contributed by atoms with van der Waals surface area (Å²) in [5.74, 6) is -1.92. The fourth-order valence-corrected chi connectivity index (χ4v) is 2.62. The number of hydrogen-bond acceptors (Lipinski definition) is 5. The number of esters is 1. The van der Waals surface area contributed by atoms with Gasteiger partial charge in [0, 0.05) is 11.9 Å². The number of aromatic hydroxyl groups is 1. The van der Waals surface area contributed by atoms with Crippen molar-refractivity contribution >= 4 is 13.1 Å². The molecular weight excluding hydrogens is 314 g/mol. The van der Waals surface area contributed by atoms with E-state index >= 15 is 0 Å². The average molecular weight is 338 g/mol. The van der Waals surface area contributed by atoms with Crippen LogP contribution < -0.4 is 0 Å². The van der Waals surface area contributed by atoms with Crippen molar-refractivity contribution in [2.75, 3.05) is 6.61 Å². The van der Waals surface area contributed by atoms with Gasteiger partial charge < -0.3 is 19.2 Å². The van der Waals surface area contributed by atoms with E-state index in [-0.39, 0.29) is 24.3 Å². The topological polar surface area (TPSA) is 65.0 Å². The van der Waals surface area contributed by atoms with Crippen molar-refractivity contribution < 1.29 is 28.3 Å². The van der Waals surface area contributed by atoms with Crippen LogP contribution in [-0.2, 0) is 18.8 Å². The highest BCUT2D eigenvalue weighted by molar-refractivity contribution is 6.48. The Kier molecular flexibility index (Phi) is 5.25. The molecule has 1 atom stereocenters. The third-order valence-corrected chi connectivity index (χ3v) is 4.68. The summed E-state index contributed by atoms with van der Waals surface area (Å²) >= 11 is 0. The maximum Gasteiger partial charge on any atom is 0.466 e. The number of phenolic OH excluding ortho intramolecular Hbond substituents is 1. The molecule has 0 bridgehead atoms. The third-order valence-electron chi connectivity index (χ3n) is 4.68. The molecule has 24 heavy (non-hydrogen) atoms. The zero-order chi connectivity index (χ0) is 18.1. The molecule has 7 heteroatoms. The fourth-order valence-electron chi connectivity index (χ4n) is 2.62. The highest BCUT2D eigenvalue weighted by Gasteiger charge is 2.54. The number of carbonyl (C=O) groups excluding carboxylic acids is 1. The molecule has 1 aromatic rings. The minimum absolute atomic E-state index is 0.0770. The van der Waals surface area contributed by atoms with E-state index in [0.29, 0.717) is 0 Å². The quantitative estimate of drug-likeness (QED) is 0.660. The Morgan fingerprint density at radius 3 is 2.38 bits per heavy atom. The highest BCUT2D eigenvalue weighted by atomic mass is 19.1. The third kappa shape index (κ3) is 3.73. The molecule has 0 saturated carbocycles. The van der Waals surface area contributed by atoms with E-state index < -0.39 is 35.9 Å². The first kappa shape index (κ1) is 18.7. The van der Waals surface area contributed by atoms with Gasteiger partial charge in [0.1, 0.15) is 11.6 Å². The Morgan fingerprint density at radius 2 is 1.88 bits per heavy atom. The minimum atomic E-state index is -0.793. The Labute approximate surface area is 142 Å². The van der Waals surface area contributed by atoms with Crippen molar-refractivity contribution in [2.24, 2.45) is 0 Å². The van der Waals surface area contributed by atoms with E-state index in [2.05, 4.69) is 0 Å². The van der Waals surface area contributed by atoms with Gasteiger partial charge in [0.15, 0.2) is 0 Å². The predicted molar refractivity (Wildman–Crippen MR) is 88.1 cm³/mol. The summed E-state index contributed by atoms with van der Waals surface area (Å²) in [5, 5.41) is 9.42. The molecule has 1 fully saturated rings. The van der Waals surface area contributed by atoms with Crippen LogP contribution in [0.25, 0.3) is 0 Å². The molecule has 1 aliphatic heterocycles. The summed E-state index contributed by atoms with van der Waals surface area (Å²) in [6.07, 6.45) is -0.0770. The molecule has 1 N–H and O–H groups in total. The standard InChI is InChI=1S/C17H24BFO5/c1-6-22-15(21)10-13(12-8-7-11(20)9-14(12)19)18-23-16(2,3)17(4,5)24-18/h7-9,13,20H,6,10H2,1-5H3. The SMILES string of the molecule is CCOC(=O)CC(B1OC(C)(C)C(C)(C)O1)c1ccc(O)cc1F. The molecule has 132 valence electrons. The number of ether oxygens (including phenoxy) is 1. The van der Waals surface area contributed by atoms with Crippen LogP contribution in [0.1, 0.15) is 52.4 Å². The van der Waals surface area contributed by atoms with Crippen molar-refractivity contribution in [3.63, 3.8) is 0 Å². The first-order valence-corrected chi connectivity index (χ1v) is 8.07. The van der Waals surface area contributed by atoms with Crippen LogP contribution in [0.3, 0.4) is 0 Å². The van der Waals surface area contributed by atoms with Crippen molar-refractivity contribution in [1.29, 1.82) is 0 Å². The van der Waals surface area contributed by atoms with Gasteiger partial charge in [-0.2, -0.15) is 0 Å². The number of hydrogen-bond donors (Lipinski definition) is 1. The van der Waals surface area contributed by atoms with E-state index in [4.69, 9.17) is 14.0 Å². The molecule has 1 saturated heterocycles. The Morgan fingerprint density at radius 1 is 1.29 bits per heavy atom. The number of rotatable bonds is 5. The lowest BCUT2D eigenvalue weighted by molar-refractivity contribution is -0.143. The van der Waals surface area contributed by atoms with Gasteiger partial charge in [-0.05, 0) is 46.2 Å². The molecule has 0 amide bonds. The number of phenols is 1. The maximum absolute atomic E-state index is 14.4. The zero-order valence-corrected chi connectivity index (χ0v) is 14.8. The van der Waals surface area contributed by atoms with Gasteiger partial charge >= 0.3 is 13.1 Å². The number of carbonyl (C=O) groups is 1. The Balaban J connectivity index is 2.35. The summed E-state index contributed by atoms with van der Waals surface area (Å²) in [4.78, 5) is 12.0. The number of halogens is 1. The smallest absolute Gasteiger partial charge is 0.466 e. The molecular formula is C17H24BFO5. The second-order valence-electron chi connectivity index (χ2n) is 6.95. The van der Waals surface area contributed by atoms with Gasteiger partial charge in [-0.25, -0.2) is 4.39 Å². The Bertz CT molecular complexity index is 601. The minimum Gasteiger partial charge on any atom is -0.508 e. The van der Waals surface area contributed by atoms with Gasteiger partial charge in [0.25, 0.3) is 0 Å². The lowest BCUT2D eigenvalue weighted by atomic mass is 9.66. The van der Waals surface area contributed by atoms with Crippen molar-refractivity contribution in [3.8, 4) is 5.75 Å². The van der Waals surface area contributed by atoms with Crippen LogP contribution in [-0.4, -0.2) is 36.0 Å². The molecule has 2 rings (SSSR count). The average Bonchev–Trinajstić information content (AvgIpc) is 2.65. The van der Waals surface area contributed by atoms with Crippen LogP contribution in [0.5, 0.6) is 5.75 Å². The monoisotopic (exact) mass is 338 g/mol. The highest BCUT2D eigenvalue weighted by Crippen LogP contribution is 2.42. The lowest BCUT2D eigenvalue weighted by Gasteiger charge is -2.32. The summed E-state index contributed by atoms with van der Waals surface area (Å²) in [6, 6.07) is 3.83. The molecule has 0 spiro atoms. The molecule has 0 radical (unpaired) electrons. The van der Waals surface area contributed by atoms with Gasteiger partial charge in [0.2, 0.25) is 0 Å². The normalized spacial score (nSPS) is 20.0. The van der Waals surface area contributed by atoms with Gasteiger partial charge in [0.05, 0.1) is 24.2 Å². The van der Waals surface area contributed by atoms with Crippen LogP contribution in [0.4, 0.5) is 4.39 Å². The van der Waals surface area contributed by atoms with Crippen LogP contribution in [0, 0.1) is 5.82 Å². The van der Waals surface area contributed by atoms with Crippen LogP contribution in [0.2, 0.25) is 0 Å². The van der Waals surface area contributed by atoms with E-state index in [1.807, 2.05) is 27.7 Å². The van der Waals surface area contributed by atoms with Gasteiger partial charge in [-0.15, -0.1) is 0 Å². The van der Waals surface area contributed by atoms with Crippen molar-refractivity contribution in [2.45, 2.75) is 58.1 Å². The van der Waals surface area contributed by atoms with E-state index in [9.17, 15) is 14.3 Å². The van der Waals surface area contributed by atoms with Crippen molar-refractivity contribution in [1.82, 2.24) is 0 Å². The summed E-state index contributed by atoms with van der Waals surface area (Å²) in [5.41, 5.74) is -0.949.